The number of hydroxylamine groups is 4. The van der Waals surface area contributed by atoms with E-state index in [1.54, 1.807) is 0 Å². The number of ether oxygens (including phenoxy) is 4. The maximum absolute atomic E-state index is 6.66. The summed E-state index contributed by atoms with van der Waals surface area (Å²) >= 11 is 0. The summed E-state index contributed by atoms with van der Waals surface area (Å²) in [6, 6.07) is 0. The second kappa shape index (κ2) is 9.76. The van der Waals surface area contributed by atoms with Crippen LogP contribution in [0.1, 0.15) is 102 Å². The van der Waals surface area contributed by atoms with Gasteiger partial charge in [0.2, 0.25) is 0 Å². The predicted molar refractivity (Wildman–Crippen MR) is 147 cm³/mol. The molecule has 0 aliphatic carbocycles. The van der Waals surface area contributed by atoms with Crippen LogP contribution < -0.4 is 0 Å². The van der Waals surface area contributed by atoms with Crippen LogP contribution in [0, 0.1) is 5.41 Å². The van der Waals surface area contributed by atoms with Crippen LogP contribution in [0.2, 0.25) is 0 Å². The van der Waals surface area contributed by atoms with Crippen molar-refractivity contribution in [3.63, 3.8) is 0 Å². The van der Waals surface area contributed by atoms with Crippen molar-refractivity contribution in [3.8, 4) is 0 Å². The minimum Gasteiger partial charge on any atom is -0.349 e. The molecule has 4 aliphatic rings. The van der Waals surface area contributed by atoms with Crippen LogP contribution in [0.5, 0.6) is 0 Å². The monoisotopic (exact) mass is 538 g/mol. The van der Waals surface area contributed by atoms with Gasteiger partial charge in [-0.3, -0.25) is 9.68 Å². The molecular weight excluding hydrogens is 484 g/mol. The van der Waals surface area contributed by atoms with Crippen LogP contribution in [-0.2, 0) is 28.6 Å². The molecular formula is C30H54N2O6. The third kappa shape index (κ3) is 5.75. The molecule has 0 aromatic rings. The average molecular weight is 539 g/mol. The summed E-state index contributed by atoms with van der Waals surface area (Å²) in [4.78, 5) is 12.6. The lowest BCUT2D eigenvalue weighted by molar-refractivity contribution is -0.421. The fraction of sp³-hybridized carbons (Fsp3) is 0.933. The summed E-state index contributed by atoms with van der Waals surface area (Å²) < 4.78 is 26.6. The van der Waals surface area contributed by atoms with Crippen LogP contribution in [0.25, 0.3) is 0 Å². The molecule has 8 nitrogen and oxygen atoms in total. The summed E-state index contributed by atoms with van der Waals surface area (Å²) in [5, 5.41) is 4.27. The predicted octanol–water partition coefficient (Wildman–Crippen LogP) is 5.61. The molecule has 38 heavy (non-hydrogen) atoms. The Morgan fingerprint density at radius 2 is 0.921 bits per heavy atom. The highest BCUT2D eigenvalue weighted by atomic mass is 16.7. The molecule has 0 amide bonds. The van der Waals surface area contributed by atoms with E-state index in [0.29, 0.717) is 39.3 Å². The summed E-state index contributed by atoms with van der Waals surface area (Å²) in [5.74, 6) is -1.30. The van der Waals surface area contributed by atoms with Crippen molar-refractivity contribution in [1.29, 1.82) is 0 Å². The van der Waals surface area contributed by atoms with E-state index in [1.807, 2.05) is 13.0 Å². The molecule has 0 aromatic heterocycles. The van der Waals surface area contributed by atoms with Gasteiger partial charge in [-0.15, -0.1) is 6.58 Å². The second-order valence-electron chi connectivity index (χ2n) is 15.2. The average Bonchev–Trinajstić information content (AvgIpc) is 2.77. The van der Waals surface area contributed by atoms with Crippen LogP contribution in [0.15, 0.2) is 12.7 Å². The smallest absolute Gasteiger partial charge is 0.172 e. The first-order chi connectivity index (χ1) is 17.3. The zero-order valence-corrected chi connectivity index (χ0v) is 25.9. The minimum atomic E-state index is -0.659. The van der Waals surface area contributed by atoms with E-state index in [-0.39, 0.29) is 39.8 Å². The fourth-order valence-corrected chi connectivity index (χ4v) is 7.56. The molecule has 1 atom stereocenters. The first-order valence-corrected chi connectivity index (χ1v) is 14.4. The zero-order valence-electron chi connectivity index (χ0n) is 25.9. The number of hydrogen-bond acceptors (Lipinski definition) is 8. The number of piperidine rings is 2. The SMILES string of the molecule is C=CC(C)ON1C(C)(C)CC2(CC1(C)C)OCC1(COC3(CC(C)(C)N(OC(C)C)C(C)(C)C3)OC1)CO2. The van der Waals surface area contributed by atoms with E-state index >= 15 is 0 Å². The molecule has 4 heterocycles. The highest BCUT2D eigenvalue weighted by Gasteiger charge is 2.61. The Hall–Kier alpha value is -0.580. The molecule has 0 N–H and O–H groups in total. The number of rotatable bonds is 5. The van der Waals surface area contributed by atoms with Gasteiger partial charge in [0.25, 0.3) is 0 Å². The van der Waals surface area contributed by atoms with E-state index in [0.717, 1.165) is 12.8 Å². The lowest BCUT2D eigenvalue weighted by Crippen LogP contribution is -2.71. The van der Waals surface area contributed by atoms with Gasteiger partial charge in [0.1, 0.15) is 0 Å². The zero-order chi connectivity index (χ0) is 28.4. The molecule has 4 saturated heterocycles. The van der Waals surface area contributed by atoms with Crippen LogP contribution in [0.3, 0.4) is 0 Å². The molecule has 0 radical (unpaired) electrons. The first kappa shape index (κ1) is 30.4. The van der Waals surface area contributed by atoms with Gasteiger partial charge in [0, 0.05) is 47.8 Å². The van der Waals surface area contributed by atoms with Crippen molar-refractivity contribution in [2.45, 2.75) is 148 Å². The fourth-order valence-electron chi connectivity index (χ4n) is 7.56. The summed E-state index contributed by atoms with van der Waals surface area (Å²) in [5.41, 5.74) is -1.35. The van der Waals surface area contributed by atoms with Gasteiger partial charge in [-0.25, -0.2) is 0 Å². The Kier molecular flexibility index (Phi) is 7.80. The van der Waals surface area contributed by atoms with Gasteiger partial charge in [-0.1, -0.05) is 6.08 Å². The standard InChI is InChI=1S/C30H54N2O6/c1-13-23(4)38-32-26(9,10)16-30(17-27(32,11)12)35-20-28(21-36-30)18-33-29(34-19-28)14-24(5,6)31(37-22(2)3)25(7,8)15-29/h13,22-23H,1,14-21H2,2-12H3. The summed E-state index contributed by atoms with van der Waals surface area (Å²) in [6.07, 6.45) is 4.76. The van der Waals surface area contributed by atoms with Crippen molar-refractivity contribution in [2.75, 3.05) is 26.4 Å². The van der Waals surface area contributed by atoms with E-state index < -0.39 is 11.6 Å². The molecule has 0 bridgehead atoms. The van der Waals surface area contributed by atoms with Gasteiger partial charge < -0.3 is 18.9 Å². The molecule has 0 aromatic carbocycles. The molecule has 4 aliphatic heterocycles. The second-order valence-corrected chi connectivity index (χ2v) is 15.2. The molecule has 1 unspecified atom stereocenters. The largest absolute Gasteiger partial charge is 0.349 e. The summed E-state index contributed by atoms with van der Waals surface area (Å²) in [6.45, 7) is 29.9. The Labute approximate surface area is 231 Å². The van der Waals surface area contributed by atoms with Crippen LogP contribution in [0.4, 0.5) is 0 Å². The lowest BCUT2D eigenvalue weighted by Gasteiger charge is -2.62. The third-order valence-corrected chi connectivity index (χ3v) is 8.49. The quantitative estimate of drug-likeness (QED) is 0.419. The maximum atomic E-state index is 6.66. The van der Waals surface area contributed by atoms with Crippen molar-refractivity contribution >= 4 is 0 Å². The molecule has 220 valence electrons. The normalized spacial score (nSPS) is 32.0. The van der Waals surface area contributed by atoms with Crippen LogP contribution >= 0.6 is 0 Å². The molecule has 4 rings (SSSR count). The Morgan fingerprint density at radius 3 is 1.21 bits per heavy atom. The number of hydrogen-bond donors (Lipinski definition) is 0. The molecule has 8 heteroatoms. The Balaban J connectivity index is 1.42. The van der Waals surface area contributed by atoms with Gasteiger partial charge in [-0.05, 0) is 76.2 Å². The highest BCUT2D eigenvalue weighted by molar-refractivity contribution is 5.06. The third-order valence-electron chi connectivity index (χ3n) is 8.49. The van der Waals surface area contributed by atoms with E-state index in [9.17, 15) is 0 Å². The first-order valence-electron chi connectivity index (χ1n) is 14.4. The van der Waals surface area contributed by atoms with Crippen LogP contribution in [-0.4, -0.2) is 82.5 Å². The van der Waals surface area contributed by atoms with E-state index in [2.05, 4.69) is 85.9 Å². The van der Waals surface area contributed by atoms with Gasteiger partial charge in [-0.2, -0.15) is 10.1 Å². The molecule has 4 fully saturated rings. The minimum absolute atomic E-state index is 0.0679. The van der Waals surface area contributed by atoms with Gasteiger partial charge in [0.05, 0.1) is 44.1 Å². The van der Waals surface area contributed by atoms with Crippen molar-refractivity contribution in [2.24, 2.45) is 5.41 Å². The number of nitrogens with zero attached hydrogens (tertiary/aromatic N) is 2. The topological polar surface area (TPSA) is 61.9 Å². The van der Waals surface area contributed by atoms with E-state index in [4.69, 9.17) is 28.6 Å². The molecule has 3 spiro atoms. The van der Waals surface area contributed by atoms with Crippen molar-refractivity contribution < 1.29 is 28.6 Å². The Morgan fingerprint density at radius 1 is 0.605 bits per heavy atom. The van der Waals surface area contributed by atoms with Crippen molar-refractivity contribution in [1.82, 2.24) is 10.1 Å². The van der Waals surface area contributed by atoms with E-state index in [1.165, 1.54) is 0 Å². The summed E-state index contributed by atoms with van der Waals surface area (Å²) in [7, 11) is 0. The van der Waals surface area contributed by atoms with Gasteiger partial charge in [0.15, 0.2) is 11.6 Å². The maximum Gasteiger partial charge on any atom is 0.172 e. The lowest BCUT2D eigenvalue weighted by atomic mass is 9.75. The highest BCUT2D eigenvalue weighted by Crippen LogP contribution is 2.52. The molecule has 0 saturated carbocycles. The Bertz CT molecular complexity index is 824. The van der Waals surface area contributed by atoms with Gasteiger partial charge >= 0.3 is 0 Å². The van der Waals surface area contributed by atoms with Crippen molar-refractivity contribution in [3.05, 3.63) is 12.7 Å².